The van der Waals surface area contributed by atoms with Crippen LogP contribution < -0.4 is 0 Å². The maximum atomic E-state index is 15.0. The fourth-order valence-corrected chi connectivity index (χ4v) is 10.5. The van der Waals surface area contributed by atoms with Gasteiger partial charge in [-0.15, -0.1) is 6.58 Å². The highest BCUT2D eigenvalue weighted by molar-refractivity contribution is 6.29. The van der Waals surface area contributed by atoms with Gasteiger partial charge in [0.2, 0.25) is 0 Å². The lowest BCUT2D eigenvalue weighted by Gasteiger charge is -2.68. The van der Waals surface area contributed by atoms with Crippen LogP contribution in [0.2, 0.25) is 0 Å². The molecule has 2 unspecified atom stereocenters. The summed E-state index contributed by atoms with van der Waals surface area (Å²) in [6, 6.07) is 7.60. The zero-order valence-corrected chi connectivity index (χ0v) is 23.2. The van der Waals surface area contributed by atoms with Crippen LogP contribution in [-0.4, -0.2) is 28.1 Å². The van der Waals surface area contributed by atoms with E-state index in [2.05, 4.69) is 27.4 Å². The summed E-state index contributed by atoms with van der Waals surface area (Å²) in [5.74, 6) is -1.01. The number of Topliss-reactive ketones (excluding diaryl/α,β-unsaturated/α-hetero) is 3. The first kappa shape index (κ1) is 25.0. The highest BCUT2D eigenvalue weighted by atomic mass is 16.3. The molecule has 6 aliphatic rings. The van der Waals surface area contributed by atoms with Gasteiger partial charge in [0.1, 0.15) is 11.0 Å². The van der Waals surface area contributed by atoms with Crippen LogP contribution in [0.1, 0.15) is 96.0 Å². The van der Waals surface area contributed by atoms with E-state index in [0.717, 1.165) is 29.6 Å². The molecule has 7 atom stereocenters. The largest absolute Gasteiger partial charge is 0.387 e. The number of carbonyl (C=O) groups is 3. The summed E-state index contributed by atoms with van der Waals surface area (Å²) in [5.41, 5.74) is -3.27. The Labute approximate surface area is 220 Å². The minimum Gasteiger partial charge on any atom is -0.387 e. The van der Waals surface area contributed by atoms with Gasteiger partial charge in [0.05, 0.1) is 10.8 Å². The lowest BCUT2D eigenvalue weighted by Crippen LogP contribution is -2.82. The van der Waals surface area contributed by atoms with E-state index in [1.807, 2.05) is 51.1 Å². The molecule has 5 fully saturated rings. The molecule has 4 nitrogen and oxygen atoms in total. The van der Waals surface area contributed by atoms with E-state index >= 15 is 4.79 Å². The first-order chi connectivity index (χ1) is 17.2. The third-order valence-corrected chi connectivity index (χ3v) is 11.9. The molecule has 1 aromatic rings. The van der Waals surface area contributed by atoms with Crippen LogP contribution >= 0.6 is 0 Å². The first-order valence-electron chi connectivity index (χ1n) is 13.9. The van der Waals surface area contributed by atoms with Gasteiger partial charge in [-0.3, -0.25) is 14.4 Å². The fourth-order valence-electron chi connectivity index (χ4n) is 10.5. The van der Waals surface area contributed by atoms with Crippen molar-refractivity contribution in [3.05, 3.63) is 59.2 Å². The van der Waals surface area contributed by atoms with Crippen molar-refractivity contribution in [2.24, 2.45) is 33.5 Å². The number of aliphatic hydroxyl groups is 1. The van der Waals surface area contributed by atoms with Gasteiger partial charge in [0.25, 0.3) is 0 Å². The molecule has 1 spiro atoms. The molecule has 196 valence electrons. The van der Waals surface area contributed by atoms with E-state index in [9.17, 15) is 14.7 Å². The lowest BCUT2D eigenvalue weighted by molar-refractivity contribution is -0.241. The van der Waals surface area contributed by atoms with Crippen molar-refractivity contribution in [3.8, 4) is 0 Å². The maximum absolute atomic E-state index is 15.0. The molecule has 37 heavy (non-hydrogen) atoms. The number of hydrogen-bond acceptors (Lipinski definition) is 4. The number of carbonyl (C=O) groups excluding carboxylic acids is 3. The maximum Gasteiger partial charge on any atom is 0.180 e. The van der Waals surface area contributed by atoms with Crippen molar-refractivity contribution in [1.82, 2.24) is 0 Å². The number of benzene rings is 1. The molecule has 0 amide bonds. The zero-order chi connectivity index (χ0) is 27.0. The molecular formula is C33H40O4. The molecule has 4 heteroatoms. The summed E-state index contributed by atoms with van der Waals surface area (Å²) >= 11 is 0. The Hall–Kier alpha value is -2.33. The molecule has 7 rings (SSSR count). The molecular weight excluding hydrogens is 460 g/mol. The predicted octanol–water partition coefficient (Wildman–Crippen LogP) is 6.17. The van der Waals surface area contributed by atoms with Gasteiger partial charge in [-0.05, 0) is 82.1 Å². The van der Waals surface area contributed by atoms with Crippen molar-refractivity contribution < 1.29 is 19.5 Å². The van der Waals surface area contributed by atoms with Crippen LogP contribution in [0.3, 0.4) is 0 Å². The first-order valence-corrected chi connectivity index (χ1v) is 13.9. The SMILES string of the molecule is C=C(C)CC[C@@H]1C[C@]23CC4C(C)(C)c5ccccc5C(=O)C45C(=O)[C@@](CC=C(C)C)(C[C@@]1(C)[C@]52O)C3=O. The van der Waals surface area contributed by atoms with Gasteiger partial charge in [-0.25, -0.2) is 0 Å². The summed E-state index contributed by atoms with van der Waals surface area (Å²) in [7, 11) is 0. The third-order valence-electron chi connectivity index (χ3n) is 11.9. The van der Waals surface area contributed by atoms with Crippen molar-refractivity contribution in [3.63, 3.8) is 0 Å². The topological polar surface area (TPSA) is 71.4 Å². The molecule has 0 aromatic heterocycles. The van der Waals surface area contributed by atoms with Crippen LogP contribution in [0.25, 0.3) is 0 Å². The molecule has 6 aliphatic carbocycles. The Bertz CT molecular complexity index is 1330. The van der Waals surface area contributed by atoms with Gasteiger partial charge in [0.15, 0.2) is 17.3 Å². The highest BCUT2D eigenvalue weighted by Crippen LogP contribution is 2.87. The normalized spacial score (nSPS) is 44.0. The summed E-state index contributed by atoms with van der Waals surface area (Å²) in [5, 5.41) is 13.2. The molecule has 5 saturated carbocycles. The second-order valence-corrected chi connectivity index (χ2v) is 14.2. The van der Waals surface area contributed by atoms with Gasteiger partial charge in [0, 0.05) is 11.0 Å². The van der Waals surface area contributed by atoms with Crippen LogP contribution in [-0.2, 0) is 15.0 Å². The number of allylic oxidation sites excluding steroid dienone is 3. The Morgan fingerprint density at radius 2 is 1.73 bits per heavy atom. The molecule has 0 heterocycles. The summed E-state index contributed by atoms with van der Waals surface area (Å²) in [6.07, 6.45) is 5.22. The average Bonchev–Trinajstić information content (AvgIpc) is 3.15. The number of ketones is 3. The monoisotopic (exact) mass is 500 g/mol. The number of hydrogen-bond donors (Lipinski definition) is 1. The second kappa shape index (κ2) is 7.00. The smallest absolute Gasteiger partial charge is 0.180 e. The Morgan fingerprint density at radius 3 is 2.38 bits per heavy atom. The minimum atomic E-state index is -1.68. The molecule has 0 radical (unpaired) electrons. The van der Waals surface area contributed by atoms with Crippen molar-refractivity contribution in [2.75, 3.05) is 0 Å². The Morgan fingerprint density at radius 1 is 1.05 bits per heavy atom. The van der Waals surface area contributed by atoms with E-state index in [1.54, 1.807) is 0 Å². The van der Waals surface area contributed by atoms with Crippen LogP contribution in [0.5, 0.6) is 0 Å². The molecule has 0 aliphatic heterocycles. The van der Waals surface area contributed by atoms with Crippen LogP contribution in [0.4, 0.5) is 0 Å². The summed E-state index contributed by atoms with van der Waals surface area (Å²) < 4.78 is 0. The third kappa shape index (κ3) is 2.32. The van der Waals surface area contributed by atoms with E-state index in [-0.39, 0.29) is 23.3 Å². The molecule has 5 bridgehead atoms. The Kier molecular flexibility index (Phi) is 4.72. The van der Waals surface area contributed by atoms with E-state index in [4.69, 9.17) is 0 Å². The minimum absolute atomic E-state index is 0.0470. The molecule has 0 saturated heterocycles. The quantitative estimate of drug-likeness (QED) is 0.388. The molecule has 1 N–H and O–H groups in total. The second-order valence-electron chi connectivity index (χ2n) is 14.2. The van der Waals surface area contributed by atoms with Gasteiger partial charge < -0.3 is 5.11 Å². The van der Waals surface area contributed by atoms with Crippen LogP contribution in [0, 0.1) is 33.5 Å². The van der Waals surface area contributed by atoms with E-state index in [0.29, 0.717) is 31.2 Å². The fraction of sp³-hybridized carbons (Fsp3) is 0.606. The van der Waals surface area contributed by atoms with Gasteiger partial charge >= 0.3 is 0 Å². The average molecular weight is 501 g/mol. The van der Waals surface area contributed by atoms with Crippen LogP contribution in [0.15, 0.2) is 48.1 Å². The van der Waals surface area contributed by atoms with Crippen molar-refractivity contribution in [2.45, 2.75) is 91.1 Å². The van der Waals surface area contributed by atoms with Gasteiger partial charge in [-0.1, -0.05) is 62.3 Å². The van der Waals surface area contributed by atoms with Crippen molar-refractivity contribution in [1.29, 1.82) is 0 Å². The molecule has 1 aromatic carbocycles. The zero-order valence-electron chi connectivity index (χ0n) is 23.2. The van der Waals surface area contributed by atoms with E-state index in [1.165, 1.54) is 0 Å². The summed E-state index contributed by atoms with van der Waals surface area (Å²) in [4.78, 5) is 44.7. The standard InChI is InChI=1S/C33H40O4/c1-19(2)12-13-21-16-31-17-24-28(5,6)23-11-9-8-10-22(23)25(34)32(24)27(36)30(26(31)35,15-14-20(3)4)18-29(21,7)33(31,32)37/h8-11,14,21,24,37H,1,12-13,15-18H2,2-7H3/t21-,24?,29-,30+,31-,32?,33-/m1/s1. The number of rotatable bonds is 5. The number of fused-ring (bicyclic) bond motifs is 1. The van der Waals surface area contributed by atoms with Gasteiger partial charge in [-0.2, -0.15) is 0 Å². The Balaban J connectivity index is 1.69. The summed E-state index contributed by atoms with van der Waals surface area (Å²) in [6.45, 7) is 16.4. The van der Waals surface area contributed by atoms with Crippen molar-refractivity contribution >= 4 is 17.3 Å². The lowest BCUT2D eigenvalue weighted by atomic mass is 9.33. The van der Waals surface area contributed by atoms with E-state index < -0.39 is 38.6 Å². The predicted molar refractivity (Wildman–Crippen MR) is 143 cm³/mol. The highest BCUT2D eigenvalue weighted by Gasteiger charge is 2.97.